The van der Waals surface area contributed by atoms with Gasteiger partial charge in [-0.05, 0) is 19.1 Å². The first kappa shape index (κ1) is 8.83. The fraction of sp³-hybridized carbons (Fsp3) is 0.250. The predicted molar refractivity (Wildman–Crippen MR) is 57.9 cm³/mol. The Bertz CT molecular complexity index is 488. The van der Waals surface area contributed by atoms with E-state index in [1.807, 2.05) is 18.2 Å². The molecule has 1 aromatic heterocycles. The molecule has 14 heavy (non-hydrogen) atoms. The zero-order chi connectivity index (χ0) is 9.97. The van der Waals surface area contributed by atoms with Crippen LogP contribution in [0.2, 0.25) is 0 Å². The van der Waals surface area contributed by atoms with Crippen molar-refractivity contribution >= 4 is 11.0 Å². The number of para-hydroxylation sites is 2. The van der Waals surface area contributed by atoms with Crippen molar-refractivity contribution in [1.82, 2.24) is 9.55 Å². The molecule has 0 atom stereocenters. The predicted octanol–water partition coefficient (Wildman–Crippen LogP) is 2.23. The average Bonchev–Trinajstić information content (AvgIpc) is 2.55. The van der Waals surface area contributed by atoms with Crippen molar-refractivity contribution in [3.8, 4) is 12.3 Å². The third kappa shape index (κ3) is 1.27. The van der Waals surface area contributed by atoms with Crippen molar-refractivity contribution < 1.29 is 0 Å². The van der Waals surface area contributed by atoms with E-state index >= 15 is 0 Å². The van der Waals surface area contributed by atoms with Crippen LogP contribution in [0.15, 0.2) is 24.3 Å². The highest BCUT2D eigenvalue weighted by Gasteiger charge is 2.06. The lowest BCUT2D eigenvalue weighted by atomic mass is 10.3. The molecule has 2 nitrogen and oxygen atoms in total. The van der Waals surface area contributed by atoms with Crippen LogP contribution in [-0.2, 0) is 13.0 Å². The molecule has 0 unspecified atom stereocenters. The van der Waals surface area contributed by atoms with Gasteiger partial charge in [0.25, 0.3) is 0 Å². The van der Waals surface area contributed by atoms with Crippen LogP contribution in [-0.4, -0.2) is 9.55 Å². The number of rotatable bonds is 2. The molecule has 0 N–H and O–H groups in total. The molecule has 70 valence electrons. The van der Waals surface area contributed by atoms with Crippen molar-refractivity contribution in [3.05, 3.63) is 30.1 Å². The van der Waals surface area contributed by atoms with Gasteiger partial charge in [-0.3, -0.25) is 0 Å². The second kappa shape index (κ2) is 3.55. The summed E-state index contributed by atoms with van der Waals surface area (Å²) in [4.78, 5) is 4.49. The lowest BCUT2D eigenvalue weighted by Gasteiger charge is -2.02. The molecule has 0 fully saturated rings. The largest absolute Gasteiger partial charge is 0.327 e. The van der Waals surface area contributed by atoms with Crippen LogP contribution < -0.4 is 0 Å². The number of aryl methyl sites for hydroxylation is 1. The van der Waals surface area contributed by atoms with E-state index in [1.54, 1.807) is 0 Å². The Labute approximate surface area is 83.6 Å². The lowest BCUT2D eigenvalue weighted by molar-refractivity contribution is 0.741. The Morgan fingerprint density at radius 2 is 2.21 bits per heavy atom. The maximum absolute atomic E-state index is 5.30. The summed E-state index contributed by atoms with van der Waals surface area (Å²) < 4.78 is 2.16. The fourth-order valence-corrected chi connectivity index (χ4v) is 1.70. The first-order valence-corrected chi connectivity index (χ1v) is 4.74. The smallest absolute Gasteiger partial charge is 0.121 e. The molecule has 0 aliphatic heterocycles. The highest BCUT2D eigenvalue weighted by molar-refractivity contribution is 5.75. The molecule has 0 spiro atoms. The number of hydrogen-bond donors (Lipinski definition) is 0. The van der Waals surface area contributed by atoms with E-state index in [0.717, 1.165) is 17.9 Å². The standard InChI is InChI=1S/C12H12N2/c1-3-7-12-13-10-8-5-6-9-11(10)14(12)4-2/h1,5-6,8-9H,4,7H2,2H3. The van der Waals surface area contributed by atoms with Crippen molar-refractivity contribution in [2.24, 2.45) is 0 Å². The lowest BCUT2D eigenvalue weighted by Crippen LogP contribution is -2.00. The summed E-state index contributed by atoms with van der Waals surface area (Å²) in [6.07, 6.45) is 5.90. The summed E-state index contributed by atoms with van der Waals surface area (Å²) in [5.74, 6) is 3.62. The summed E-state index contributed by atoms with van der Waals surface area (Å²) >= 11 is 0. The van der Waals surface area contributed by atoms with Crippen LogP contribution in [0.5, 0.6) is 0 Å². The number of hydrogen-bond acceptors (Lipinski definition) is 1. The van der Waals surface area contributed by atoms with Gasteiger partial charge in [-0.25, -0.2) is 4.98 Å². The Hall–Kier alpha value is -1.75. The number of benzene rings is 1. The minimum atomic E-state index is 0.600. The van der Waals surface area contributed by atoms with E-state index in [0.29, 0.717) is 6.42 Å². The quantitative estimate of drug-likeness (QED) is 0.654. The molecule has 1 aromatic carbocycles. The molecule has 0 aliphatic rings. The topological polar surface area (TPSA) is 17.8 Å². The molecule has 1 heterocycles. The van der Waals surface area contributed by atoms with Crippen LogP contribution in [0.3, 0.4) is 0 Å². The summed E-state index contributed by atoms with van der Waals surface area (Å²) in [6, 6.07) is 8.11. The van der Waals surface area contributed by atoms with Gasteiger partial charge in [-0.2, -0.15) is 0 Å². The van der Waals surface area contributed by atoms with Gasteiger partial charge < -0.3 is 4.57 Å². The van der Waals surface area contributed by atoms with E-state index in [1.165, 1.54) is 5.52 Å². The number of nitrogens with zero attached hydrogens (tertiary/aromatic N) is 2. The van der Waals surface area contributed by atoms with E-state index in [-0.39, 0.29) is 0 Å². The van der Waals surface area contributed by atoms with Crippen LogP contribution >= 0.6 is 0 Å². The van der Waals surface area contributed by atoms with Gasteiger partial charge in [0.05, 0.1) is 17.5 Å². The van der Waals surface area contributed by atoms with Gasteiger partial charge in [0.15, 0.2) is 0 Å². The molecule has 0 saturated carbocycles. The first-order chi connectivity index (χ1) is 6.86. The van der Waals surface area contributed by atoms with Crippen molar-refractivity contribution in [3.63, 3.8) is 0 Å². The molecule has 0 aliphatic carbocycles. The summed E-state index contributed by atoms with van der Waals surface area (Å²) in [6.45, 7) is 3.02. The van der Waals surface area contributed by atoms with E-state index in [4.69, 9.17) is 6.42 Å². The molecular formula is C12H12N2. The van der Waals surface area contributed by atoms with Crippen LogP contribution in [0, 0.1) is 12.3 Å². The van der Waals surface area contributed by atoms with Gasteiger partial charge in [0, 0.05) is 6.54 Å². The van der Waals surface area contributed by atoms with Gasteiger partial charge >= 0.3 is 0 Å². The van der Waals surface area contributed by atoms with E-state index in [9.17, 15) is 0 Å². The monoisotopic (exact) mass is 184 g/mol. The second-order valence-corrected chi connectivity index (χ2v) is 3.14. The highest BCUT2D eigenvalue weighted by atomic mass is 15.1. The summed E-state index contributed by atoms with van der Waals surface area (Å²) in [5, 5.41) is 0. The molecule has 0 radical (unpaired) electrons. The highest BCUT2D eigenvalue weighted by Crippen LogP contribution is 2.15. The molecule has 2 aromatic rings. The van der Waals surface area contributed by atoms with Crippen molar-refractivity contribution in [2.45, 2.75) is 19.9 Å². The number of fused-ring (bicyclic) bond motifs is 1. The van der Waals surface area contributed by atoms with E-state index in [2.05, 4.69) is 28.5 Å². The molecule has 2 rings (SSSR count). The van der Waals surface area contributed by atoms with Gasteiger partial charge in [0.2, 0.25) is 0 Å². The fourth-order valence-electron chi connectivity index (χ4n) is 1.70. The minimum Gasteiger partial charge on any atom is -0.327 e. The SMILES string of the molecule is C#CCc1nc2ccccc2n1CC. The van der Waals surface area contributed by atoms with Gasteiger partial charge in [0.1, 0.15) is 5.82 Å². The Kier molecular flexibility index (Phi) is 2.24. The number of imidazole rings is 1. The van der Waals surface area contributed by atoms with Crippen LogP contribution in [0.4, 0.5) is 0 Å². The zero-order valence-corrected chi connectivity index (χ0v) is 8.20. The molecule has 2 heteroatoms. The Morgan fingerprint density at radius 1 is 1.43 bits per heavy atom. The van der Waals surface area contributed by atoms with Crippen molar-refractivity contribution in [2.75, 3.05) is 0 Å². The maximum Gasteiger partial charge on any atom is 0.121 e. The van der Waals surface area contributed by atoms with E-state index < -0.39 is 0 Å². The number of aromatic nitrogens is 2. The minimum absolute atomic E-state index is 0.600. The number of terminal acetylenes is 1. The first-order valence-electron chi connectivity index (χ1n) is 4.74. The Morgan fingerprint density at radius 3 is 2.93 bits per heavy atom. The van der Waals surface area contributed by atoms with Gasteiger partial charge in [-0.1, -0.05) is 18.1 Å². The average molecular weight is 184 g/mol. The Balaban J connectivity index is 2.67. The van der Waals surface area contributed by atoms with Crippen LogP contribution in [0.25, 0.3) is 11.0 Å². The second-order valence-electron chi connectivity index (χ2n) is 3.14. The summed E-state index contributed by atoms with van der Waals surface area (Å²) in [5.41, 5.74) is 2.19. The third-order valence-corrected chi connectivity index (χ3v) is 2.31. The molecular weight excluding hydrogens is 172 g/mol. The third-order valence-electron chi connectivity index (χ3n) is 2.31. The zero-order valence-electron chi connectivity index (χ0n) is 8.20. The normalized spacial score (nSPS) is 10.3. The van der Waals surface area contributed by atoms with Crippen molar-refractivity contribution in [1.29, 1.82) is 0 Å². The van der Waals surface area contributed by atoms with Crippen LogP contribution in [0.1, 0.15) is 12.7 Å². The molecule has 0 amide bonds. The maximum atomic E-state index is 5.30. The molecule has 0 saturated heterocycles. The summed E-state index contributed by atoms with van der Waals surface area (Å²) in [7, 11) is 0. The molecule has 0 bridgehead atoms. The van der Waals surface area contributed by atoms with Gasteiger partial charge in [-0.15, -0.1) is 6.42 Å².